The number of aliphatic hydroxyl groups is 11. The number of aliphatic hydroxyl groups excluding tert-OH is 11. The average molecular weight is 1230 g/mol. The van der Waals surface area contributed by atoms with Crippen LogP contribution in [0.3, 0.4) is 0 Å². The summed E-state index contributed by atoms with van der Waals surface area (Å²) in [4.78, 5) is 13.2. The molecule has 0 saturated carbocycles. The molecule has 3 aliphatic heterocycles. The van der Waals surface area contributed by atoms with Gasteiger partial charge in [-0.15, -0.1) is 0 Å². The van der Waals surface area contributed by atoms with Gasteiger partial charge >= 0.3 is 0 Å². The van der Waals surface area contributed by atoms with E-state index in [9.17, 15) is 61.0 Å². The predicted octanol–water partition coefficient (Wildman–Crippen LogP) is 7.49. The van der Waals surface area contributed by atoms with Crippen LogP contribution in [0.1, 0.15) is 181 Å². The van der Waals surface area contributed by atoms with Crippen molar-refractivity contribution in [1.29, 1.82) is 0 Å². The summed E-state index contributed by atoms with van der Waals surface area (Å²) in [5, 5.41) is 119. The van der Waals surface area contributed by atoms with Crippen LogP contribution in [0, 0.1) is 0 Å². The van der Waals surface area contributed by atoms with Gasteiger partial charge in [-0.3, -0.25) is 4.79 Å². The van der Waals surface area contributed by atoms with Crippen LogP contribution in [0.25, 0.3) is 0 Å². The zero-order chi connectivity index (χ0) is 63.3. The summed E-state index contributed by atoms with van der Waals surface area (Å²) in [5.74, 6) is -0.264. The van der Waals surface area contributed by atoms with Crippen molar-refractivity contribution in [1.82, 2.24) is 5.32 Å². The minimum Gasteiger partial charge on any atom is -0.394 e. The number of ether oxygens (including phenoxy) is 6. The molecule has 19 nitrogen and oxygen atoms in total. The topological polar surface area (TPSA) is 307 Å². The summed E-state index contributed by atoms with van der Waals surface area (Å²) in [5.41, 5.74) is 0. The Morgan fingerprint density at radius 3 is 1.22 bits per heavy atom. The first-order valence-corrected chi connectivity index (χ1v) is 32.6. The molecule has 12 N–H and O–H groups in total. The minimum atomic E-state index is -1.97. The number of nitrogens with one attached hydrogen (secondary N) is 1. The summed E-state index contributed by atoms with van der Waals surface area (Å²) in [6.07, 6.45) is 39.0. The van der Waals surface area contributed by atoms with Gasteiger partial charge in [0, 0.05) is 6.42 Å². The lowest BCUT2D eigenvalue weighted by atomic mass is 9.96. The van der Waals surface area contributed by atoms with Crippen molar-refractivity contribution in [3.8, 4) is 0 Å². The SMILES string of the molecule is CC/C=C\C/C=C\C/C=C\C/C=C\C/C=C\C/C=C\C/C=C\C/C=C\C/C=C\CCCCCCCCCCCCCC(=O)NC(COC1OC(CO)C(OC2OC(CO)C(OC3OC(CO)C(O)C(O)C3O)C(O)C2O)C(O)C1O)C(O)CCCCC. The fourth-order valence-electron chi connectivity index (χ4n) is 10.3. The van der Waals surface area contributed by atoms with Crippen molar-refractivity contribution in [2.24, 2.45) is 0 Å². The third-order valence-corrected chi connectivity index (χ3v) is 15.6. The molecule has 3 fully saturated rings. The molecule has 0 spiro atoms. The zero-order valence-electron chi connectivity index (χ0n) is 52.2. The van der Waals surface area contributed by atoms with Gasteiger partial charge in [-0.25, -0.2) is 0 Å². The Labute approximate surface area is 519 Å². The van der Waals surface area contributed by atoms with E-state index in [4.69, 9.17) is 28.4 Å². The molecular formula is C68H113NO18. The molecule has 1 amide bonds. The van der Waals surface area contributed by atoms with Gasteiger partial charge in [-0.2, -0.15) is 0 Å². The monoisotopic (exact) mass is 1230 g/mol. The molecule has 87 heavy (non-hydrogen) atoms. The zero-order valence-corrected chi connectivity index (χ0v) is 52.2. The van der Waals surface area contributed by atoms with Crippen LogP contribution in [-0.4, -0.2) is 193 Å². The molecule has 17 unspecified atom stereocenters. The molecule has 3 aliphatic rings. The highest BCUT2D eigenvalue weighted by molar-refractivity contribution is 5.76. The molecule has 0 aromatic carbocycles. The Kier molecular flexibility index (Phi) is 43.9. The highest BCUT2D eigenvalue weighted by Crippen LogP contribution is 2.33. The van der Waals surface area contributed by atoms with Crippen LogP contribution in [-0.2, 0) is 33.2 Å². The van der Waals surface area contributed by atoms with E-state index in [1.54, 1.807) is 0 Å². The van der Waals surface area contributed by atoms with Crippen molar-refractivity contribution in [3.63, 3.8) is 0 Å². The molecule has 0 radical (unpaired) electrons. The van der Waals surface area contributed by atoms with Crippen LogP contribution < -0.4 is 5.32 Å². The second-order valence-electron chi connectivity index (χ2n) is 22.8. The van der Waals surface area contributed by atoms with Crippen molar-refractivity contribution >= 4 is 5.91 Å². The molecule has 17 atom stereocenters. The fourth-order valence-corrected chi connectivity index (χ4v) is 10.3. The summed E-state index contributed by atoms with van der Waals surface area (Å²) in [6, 6.07) is -0.890. The molecule has 0 bridgehead atoms. The van der Waals surface area contributed by atoms with Crippen molar-refractivity contribution in [2.45, 2.75) is 285 Å². The van der Waals surface area contributed by atoms with Crippen LogP contribution in [0.15, 0.2) is 109 Å². The van der Waals surface area contributed by atoms with E-state index in [1.807, 2.05) is 6.92 Å². The normalized spacial score (nSPS) is 29.3. The molecule has 3 heterocycles. The number of carbonyl (C=O) groups is 1. The highest BCUT2D eigenvalue weighted by Gasteiger charge is 2.53. The first-order chi connectivity index (χ1) is 42.3. The van der Waals surface area contributed by atoms with Gasteiger partial charge in [-0.1, -0.05) is 200 Å². The van der Waals surface area contributed by atoms with E-state index in [0.717, 1.165) is 103 Å². The van der Waals surface area contributed by atoms with E-state index >= 15 is 0 Å². The van der Waals surface area contributed by atoms with Gasteiger partial charge < -0.3 is 89.9 Å². The number of hydrogen-bond acceptors (Lipinski definition) is 18. The standard InChI is InChI=1S/C68H113NO18/c1-3-5-7-8-9-10-11-12-13-14-15-16-17-18-19-20-21-22-23-24-25-26-27-28-29-30-31-32-33-34-35-36-37-38-39-40-41-42-44-46-56(74)69-51(52(73)45-43-6-4-2)50-82-66-62(80)59(77)64(54(48-71)84-66)87-68-63(81)60(78)65(55(49-72)85-68)86-67-61(79)58(76)57(75)53(47-70)83-67/h5,7,9-10,12-13,15-16,18-19,21-22,24-25,27-28,30-31,51-55,57-68,70-73,75-81H,3-4,6,8,11,14,17,20,23,26,29,32-50H2,1-2H3,(H,69,74)/b7-5-,10-9-,13-12-,16-15-,19-18-,22-21-,25-24-,28-27-,31-30-. The van der Waals surface area contributed by atoms with E-state index in [1.165, 1.54) is 38.5 Å². The van der Waals surface area contributed by atoms with Crippen molar-refractivity contribution in [3.05, 3.63) is 109 Å². The van der Waals surface area contributed by atoms with Gasteiger partial charge in [0.05, 0.1) is 38.6 Å². The lowest BCUT2D eigenvalue weighted by Crippen LogP contribution is -2.66. The smallest absolute Gasteiger partial charge is 0.220 e. The third-order valence-electron chi connectivity index (χ3n) is 15.6. The van der Waals surface area contributed by atoms with E-state index in [2.05, 4.69) is 122 Å². The summed E-state index contributed by atoms with van der Waals surface area (Å²) >= 11 is 0. The van der Waals surface area contributed by atoms with E-state index < -0.39 is 124 Å². The van der Waals surface area contributed by atoms with Crippen molar-refractivity contribution < 1.29 is 89.4 Å². The third kappa shape index (κ3) is 31.8. The van der Waals surface area contributed by atoms with E-state index in [-0.39, 0.29) is 18.9 Å². The summed E-state index contributed by atoms with van der Waals surface area (Å²) in [7, 11) is 0. The first kappa shape index (κ1) is 77.7. The molecule has 0 aliphatic carbocycles. The van der Waals surface area contributed by atoms with Gasteiger partial charge in [0.15, 0.2) is 18.9 Å². The maximum absolute atomic E-state index is 13.2. The summed E-state index contributed by atoms with van der Waals surface area (Å²) < 4.78 is 34.0. The first-order valence-electron chi connectivity index (χ1n) is 32.6. The largest absolute Gasteiger partial charge is 0.394 e. The minimum absolute atomic E-state index is 0.253. The lowest BCUT2D eigenvalue weighted by molar-refractivity contribution is -0.379. The Morgan fingerprint density at radius 1 is 0.425 bits per heavy atom. The molecule has 498 valence electrons. The number of allylic oxidation sites excluding steroid dienone is 18. The molecule has 19 heteroatoms. The van der Waals surface area contributed by atoms with Crippen LogP contribution >= 0.6 is 0 Å². The van der Waals surface area contributed by atoms with Crippen LogP contribution in [0.4, 0.5) is 0 Å². The molecule has 3 saturated heterocycles. The highest BCUT2D eigenvalue weighted by atomic mass is 16.8. The lowest BCUT2D eigenvalue weighted by Gasteiger charge is -2.48. The van der Waals surface area contributed by atoms with Gasteiger partial charge in [0.1, 0.15) is 73.2 Å². The maximum Gasteiger partial charge on any atom is 0.220 e. The maximum atomic E-state index is 13.2. The van der Waals surface area contributed by atoms with Gasteiger partial charge in [0.25, 0.3) is 0 Å². The van der Waals surface area contributed by atoms with Gasteiger partial charge in [0.2, 0.25) is 5.91 Å². The van der Waals surface area contributed by atoms with Crippen LogP contribution in [0.2, 0.25) is 0 Å². The van der Waals surface area contributed by atoms with E-state index in [0.29, 0.717) is 19.3 Å². The molecule has 0 aromatic rings. The second-order valence-corrected chi connectivity index (χ2v) is 22.8. The Balaban J connectivity index is 1.24. The Hall–Kier alpha value is -3.55. The second kappa shape index (κ2) is 49.2. The number of carbonyl (C=O) groups excluding carboxylic acids is 1. The fraction of sp³-hybridized carbons (Fsp3) is 0.721. The number of rotatable bonds is 47. The molecule has 3 rings (SSSR count). The Morgan fingerprint density at radius 2 is 0.793 bits per heavy atom. The number of unbranched alkanes of at least 4 members (excludes halogenated alkanes) is 13. The van der Waals surface area contributed by atoms with Crippen molar-refractivity contribution in [2.75, 3.05) is 26.4 Å². The molecule has 0 aromatic heterocycles. The number of amides is 1. The van der Waals surface area contributed by atoms with Gasteiger partial charge in [-0.05, 0) is 83.5 Å². The predicted molar refractivity (Wildman–Crippen MR) is 337 cm³/mol. The molecular weight excluding hydrogens is 1120 g/mol. The quantitative estimate of drug-likeness (QED) is 0.0207. The Bertz CT molecular complexity index is 2000. The number of hydrogen-bond donors (Lipinski definition) is 12. The summed E-state index contributed by atoms with van der Waals surface area (Å²) in [6.45, 7) is 1.46. The average Bonchev–Trinajstić information content (AvgIpc) is 1.25. The van der Waals surface area contributed by atoms with Crippen LogP contribution in [0.5, 0.6) is 0 Å².